The smallest absolute Gasteiger partial charge is 0.269 e. The number of nitrogens with zero attached hydrogens (tertiary/aromatic N) is 4. The van der Waals surface area contributed by atoms with Crippen LogP contribution in [0.2, 0.25) is 58.9 Å². The van der Waals surface area contributed by atoms with Crippen molar-refractivity contribution in [3.05, 3.63) is 52.1 Å². The van der Waals surface area contributed by atoms with E-state index in [-0.39, 0.29) is 48.2 Å². The van der Waals surface area contributed by atoms with Gasteiger partial charge in [0.2, 0.25) is 0 Å². The van der Waals surface area contributed by atoms with Gasteiger partial charge in [-0.15, -0.1) is 5.10 Å². The zero-order chi connectivity index (χ0) is 34.9. The van der Waals surface area contributed by atoms with E-state index in [9.17, 15) is 10.1 Å². The Morgan fingerprint density at radius 1 is 1.00 bits per heavy atom. The Bertz CT molecular complexity index is 1380. The first-order chi connectivity index (χ1) is 21.7. The largest absolute Gasteiger partial charge is 0.415 e. The fraction of sp³-hybridized carbons (Fsp3) is 0.697. The van der Waals surface area contributed by atoms with Crippen molar-refractivity contribution in [2.75, 3.05) is 6.61 Å². The topological polar surface area (TPSA) is 123 Å². The van der Waals surface area contributed by atoms with Crippen molar-refractivity contribution in [3.63, 3.8) is 0 Å². The van der Waals surface area contributed by atoms with Crippen molar-refractivity contribution in [2.24, 2.45) is 11.8 Å². The summed E-state index contributed by atoms with van der Waals surface area (Å²) in [5.41, 5.74) is 1.81. The Morgan fingerprint density at radius 2 is 1.62 bits per heavy atom. The van der Waals surface area contributed by atoms with Crippen LogP contribution in [-0.2, 0) is 22.8 Å². The lowest BCUT2D eigenvalue weighted by Gasteiger charge is -2.47. The molecule has 11 nitrogen and oxygen atoms in total. The minimum atomic E-state index is -1.98. The number of nitro benzene ring substituents is 1. The highest BCUT2D eigenvalue weighted by molar-refractivity contribution is 6.70. The summed E-state index contributed by atoms with van der Waals surface area (Å²) in [4.78, 5) is 15.1. The van der Waals surface area contributed by atoms with Gasteiger partial charge in [0.25, 0.3) is 5.69 Å². The maximum absolute atomic E-state index is 11.0. The monoisotopic (exact) mass is 704 g/mol. The number of hydrogen-bond donors (Lipinski definition) is 0. The quantitative estimate of drug-likeness (QED) is 0.0805. The van der Waals surface area contributed by atoms with Crippen LogP contribution in [0.25, 0.3) is 11.8 Å². The fourth-order valence-electron chi connectivity index (χ4n) is 6.25. The summed E-state index contributed by atoms with van der Waals surface area (Å²) in [7, 11) is -5.55. The number of ether oxygens (including phenoxy) is 2. The molecule has 0 bridgehead atoms. The lowest BCUT2D eigenvalue weighted by Crippen LogP contribution is -2.58. The summed E-state index contributed by atoms with van der Waals surface area (Å²) in [5.74, 6) is 1.04. The van der Waals surface area contributed by atoms with E-state index >= 15 is 0 Å². The van der Waals surface area contributed by atoms with Gasteiger partial charge >= 0.3 is 0 Å². The highest BCUT2D eigenvalue weighted by Gasteiger charge is 2.51. The molecule has 0 radical (unpaired) electrons. The van der Waals surface area contributed by atoms with Crippen molar-refractivity contribution in [1.82, 2.24) is 14.8 Å². The first kappa shape index (κ1) is 37.8. The Labute approximate surface area is 283 Å². The van der Waals surface area contributed by atoms with Crippen molar-refractivity contribution in [3.8, 4) is 5.69 Å². The predicted octanol–water partition coefficient (Wildman–Crippen LogP) is 7.46. The van der Waals surface area contributed by atoms with E-state index in [1.54, 1.807) is 23.1 Å². The summed E-state index contributed by atoms with van der Waals surface area (Å²) in [6, 6.07) is 6.24. The van der Waals surface area contributed by atoms with Crippen molar-refractivity contribution in [2.45, 2.75) is 129 Å². The first-order valence-electron chi connectivity index (χ1n) is 16.8. The van der Waals surface area contributed by atoms with Gasteiger partial charge in [-0.2, -0.15) is 0 Å². The highest BCUT2D eigenvalue weighted by atomic mass is 28.4. The molecule has 0 unspecified atom stereocenters. The molecular weight excluding hydrogens is 649 g/mol. The third kappa shape index (κ3) is 11.2. The predicted molar refractivity (Wildman–Crippen MR) is 192 cm³/mol. The van der Waals surface area contributed by atoms with Crippen LogP contribution in [0.3, 0.4) is 0 Å². The first-order valence-corrected chi connectivity index (χ1v) is 27.1. The van der Waals surface area contributed by atoms with E-state index in [0.717, 1.165) is 12.0 Å². The highest BCUT2D eigenvalue weighted by Crippen LogP contribution is 2.41. The van der Waals surface area contributed by atoms with Crippen molar-refractivity contribution >= 4 is 36.7 Å². The average molecular weight is 705 g/mol. The lowest BCUT2D eigenvalue weighted by atomic mass is 9.85. The number of benzene rings is 1. The molecule has 1 aromatic heterocycles. The van der Waals surface area contributed by atoms with Gasteiger partial charge in [0, 0.05) is 30.1 Å². The Kier molecular flexibility index (Phi) is 11.9. The van der Waals surface area contributed by atoms with Gasteiger partial charge in [-0.1, -0.05) is 12.5 Å². The second-order valence-electron chi connectivity index (χ2n) is 16.2. The van der Waals surface area contributed by atoms with E-state index in [1.807, 2.05) is 6.08 Å². The Morgan fingerprint density at radius 3 is 2.19 bits per heavy atom. The van der Waals surface area contributed by atoms with Crippen molar-refractivity contribution in [1.29, 1.82) is 0 Å². The van der Waals surface area contributed by atoms with E-state index < -0.39 is 29.9 Å². The van der Waals surface area contributed by atoms with E-state index in [4.69, 9.17) is 22.8 Å². The molecular formula is C33H56N4O7Si3. The molecule has 3 heterocycles. The second-order valence-corrected chi connectivity index (χ2v) is 29.6. The van der Waals surface area contributed by atoms with Crippen LogP contribution in [0.4, 0.5) is 5.69 Å². The zero-order valence-corrected chi connectivity index (χ0v) is 33.4. The number of epoxide rings is 1. The molecule has 2 aliphatic heterocycles. The number of nitro groups is 1. The molecule has 0 amide bonds. The normalized spacial score (nSPS) is 27.0. The second kappa shape index (κ2) is 14.8. The van der Waals surface area contributed by atoms with Gasteiger partial charge in [0.1, 0.15) is 6.33 Å². The molecule has 8 atom stereocenters. The van der Waals surface area contributed by atoms with Gasteiger partial charge in [-0.3, -0.25) is 10.1 Å². The molecule has 1 aromatic carbocycles. The summed E-state index contributed by atoms with van der Waals surface area (Å²) >= 11 is 0. The van der Waals surface area contributed by atoms with E-state index in [0.29, 0.717) is 30.5 Å². The Balaban J connectivity index is 1.49. The van der Waals surface area contributed by atoms with Crippen LogP contribution in [0.1, 0.15) is 39.4 Å². The molecule has 0 N–H and O–H groups in total. The number of non-ortho nitro benzene ring substituents is 1. The summed E-state index contributed by atoms with van der Waals surface area (Å²) in [6.45, 7) is 27.2. The minimum absolute atomic E-state index is 0.0340. The summed E-state index contributed by atoms with van der Waals surface area (Å²) < 4.78 is 34.9. The molecule has 0 saturated carbocycles. The fourth-order valence-corrected chi connectivity index (χ4v) is 9.82. The number of rotatable bonds is 15. The third-order valence-corrected chi connectivity index (χ3v) is 11.4. The molecule has 2 aromatic rings. The molecule has 0 spiro atoms. The SMILES string of the molecule is C/C(=C\c1ncn(-c2ccc([N+](=O)[O-])cc2)n1)C[C@@H]1OC[C@H](C[C@@H]2O[C@H]2[C@@H](C)[C@H](C)O[Si](C)(C)C)[C@@H](O[Si](C)(C)C)[C@H]1O[Si](C)(C)C. The van der Waals surface area contributed by atoms with Crippen molar-refractivity contribution < 1.29 is 27.7 Å². The van der Waals surface area contributed by atoms with Gasteiger partial charge in [-0.25, -0.2) is 9.67 Å². The average Bonchev–Trinajstić information content (AvgIpc) is 3.54. The third-order valence-electron chi connectivity index (χ3n) is 8.35. The van der Waals surface area contributed by atoms with Gasteiger partial charge in [-0.05, 0) is 104 Å². The van der Waals surface area contributed by atoms with Crippen LogP contribution < -0.4 is 0 Å². The zero-order valence-electron chi connectivity index (χ0n) is 30.4. The van der Waals surface area contributed by atoms with Crippen LogP contribution in [-0.4, -0.2) is 87.9 Å². The van der Waals surface area contributed by atoms with Crippen LogP contribution in [0.5, 0.6) is 0 Å². The van der Waals surface area contributed by atoms with Crippen LogP contribution in [0.15, 0.2) is 36.2 Å². The molecule has 14 heteroatoms. The molecule has 2 aliphatic rings. The number of aromatic nitrogens is 3. The van der Waals surface area contributed by atoms with Gasteiger partial charge < -0.3 is 22.8 Å². The number of hydrogen-bond acceptors (Lipinski definition) is 9. The van der Waals surface area contributed by atoms with Gasteiger partial charge in [0.15, 0.2) is 30.8 Å². The maximum Gasteiger partial charge on any atom is 0.269 e. The molecule has 4 rings (SSSR count). The van der Waals surface area contributed by atoms with Crippen LogP contribution >= 0.6 is 0 Å². The van der Waals surface area contributed by atoms with Crippen LogP contribution in [0, 0.1) is 22.0 Å². The van der Waals surface area contributed by atoms with Gasteiger partial charge in [0.05, 0.1) is 47.7 Å². The molecule has 47 heavy (non-hydrogen) atoms. The lowest BCUT2D eigenvalue weighted by molar-refractivity contribution is -0.384. The Hall–Kier alpha value is -2.05. The summed E-state index contributed by atoms with van der Waals surface area (Å²) in [6.07, 6.45) is 5.16. The molecule has 0 aliphatic carbocycles. The van der Waals surface area contributed by atoms with E-state index in [1.165, 1.54) is 12.1 Å². The standard InChI is InChI=1S/C33H56N4O7Si3/c1-22(18-30-34-21-36(35-30)26-13-15-27(16-14-26)37(38)39)17-28-33(44-47(10,11)12)32(43-46(7,8)9)25(20-40-28)19-29-31(41-29)23(2)24(3)42-45(4,5)6/h13-16,18,21,23-25,28-29,31-33H,17,19-20H2,1-12H3/b22-18+/t23-,24-,25-,28-,29-,31-,32+,33-/m0/s1. The van der Waals surface area contributed by atoms with E-state index in [2.05, 4.69) is 89.8 Å². The molecule has 262 valence electrons. The maximum atomic E-state index is 11.0. The minimum Gasteiger partial charge on any atom is -0.415 e. The molecule has 2 saturated heterocycles. The molecule has 2 fully saturated rings. The summed E-state index contributed by atoms with van der Waals surface area (Å²) in [5, 5.41) is 15.6.